The van der Waals surface area contributed by atoms with Gasteiger partial charge in [0.1, 0.15) is 11.6 Å². The second-order valence-electron chi connectivity index (χ2n) is 4.98. The summed E-state index contributed by atoms with van der Waals surface area (Å²) in [4.78, 5) is 4.69. The summed E-state index contributed by atoms with van der Waals surface area (Å²) in [5.41, 5.74) is 3.95. The monoisotopic (exact) mass is 286 g/mol. The molecule has 3 rings (SSSR count). The van der Waals surface area contributed by atoms with Gasteiger partial charge in [0.05, 0.1) is 16.8 Å². The van der Waals surface area contributed by atoms with Crippen molar-refractivity contribution in [2.45, 2.75) is 19.9 Å². The molecule has 0 saturated heterocycles. The maximum atomic E-state index is 9.51. The van der Waals surface area contributed by atoms with Gasteiger partial charge in [0, 0.05) is 11.1 Å². The zero-order chi connectivity index (χ0) is 14.3. The summed E-state index contributed by atoms with van der Waals surface area (Å²) in [6.07, 6.45) is 0. The second-order valence-corrected chi connectivity index (χ2v) is 5.39. The Kier molecular flexibility index (Phi) is 3.14. The molecule has 20 heavy (non-hydrogen) atoms. The summed E-state index contributed by atoms with van der Waals surface area (Å²) in [7, 11) is 0. The van der Waals surface area contributed by atoms with Gasteiger partial charge in [-0.15, -0.1) is 0 Å². The molecule has 0 aromatic heterocycles. The molecule has 2 aromatic rings. The average molecular weight is 287 g/mol. The number of anilines is 1. The molecule has 4 heteroatoms. The third-order valence-electron chi connectivity index (χ3n) is 3.53. The van der Waals surface area contributed by atoms with Crippen molar-refractivity contribution < 1.29 is 5.11 Å². The number of halogens is 1. The SMILES string of the molecule is Cc1cc(O)ccc1C1=NC(C)c2cccc(Cl)c2N1. The summed E-state index contributed by atoms with van der Waals surface area (Å²) in [5.74, 6) is 1.05. The number of phenols is 1. The largest absolute Gasteiger partial charge is 0.508 e. The Hall–Kier alpha value is -2.00. The molecular formula is C16H15ClN2O. The number of aromatic hydroxyl groups is 1. The quantitative estimate of drug-likeness (QED) is 0.821. The van der Waals surface area contributed by atoms with Gasteiger partial charge in [0.2, 0.25) is 0 Å². The van der Waals surface area contributed by atoms with Crippen LogP contribution in [0.1, 0.15) is 29.7 Å². The molecule has 1 heterocycles. The highest BCUT2D eigenvalue weighted by molar-refractivity contribution is 6.34. The number of nitrogens with one attached hydrogen (secondary N) is 1. The molecule has 1 aliphatic heterocycles. The highest BCUT2D eigenvalue weighted by Gasteiger charge is 2.21. The minimum atomic E-state index is 0.0492. The minimum absolute atomic E-state index is 0.0492. The van der Waals surface area contributed by atoms with Gasteiger partial charge in [-0.2, -0.15) is 0 Å². The van der Waals surface area contributed by atoms with Gasteiger partial charge in [-0.3, -0.25) is 4.99 Å². The van der Waals surface area contributed by atoms with Gasteiger partial charge in [0.15, 0.2) is 0 Å². The van der Waals surface area contributed by atoms with Gasteiger partial charge >= 0.3 is 0 Å². The van der Waals surface area contributed by atoms with Crippen LogP contribution < -0.4 is 5.32 Å². The number of amidine groups is 1. The molecule has 2 N–H and O–H groups in total. The lowest BCUT2D eigenvalue weighted by Crippen LogP contribution is -2.21. The van der Waals surface area contributed by atoms with Crippen LogP contribution in [0.5, 0.6) is 5.75 Å². The smallest absolute Gasteiger partial charge is 0.133 e. The number of aliphatic imine (C=N–C) groups is 1. The van der Waals surface area contributed by atoms with Crippen molar-refractivity contribution in [3.8, 4) is 5.75 Å². The summed E-state index contributed by atoms with van der Waals surface area (Å²) in [5, 5.41) is 13.5. The van der Waals surface area contributed by atoms with Crippen LogP contribution in [0.15, 0.2) is 41.4 Å². The van der Waals surface area contributed by atoms with E-state index in [0.29, 0.717) is 5.02 Å². The fraction of sp³-hybridized carbons (Fsp3) is 0.188. The number of fused-ring (bicyclic) bond motifs is 1. The molecule has 0 radical (unpaired) electrons. The Bertz CT molecular complexity index is 710. The number of hydrogen-bond donors (Lipinski definition) is 2. The van der Waals surface area contributed by atoms with Gasteiger partial charge in [-0.05, 0) is 43.7 Å². The average Bonchev–Trinajstić information content (AvgIpc) is 2.40. The number of rotatable bonds is 1. The van der Waals surface area contributed by atoms with Crippen molar-refractivity contribution in [2.24, 2.45) is 4.99 Å². The topological polar surface area (TPSA) is 44.6 Å². The first kappa shape index (κ1) is 13.0. The van der Waals surface area contributed by atoms with E-state index in [4.69, 9.17) is 16.6 Å². The Morgan fingerprint density at radius 3 is 2.80 bits per heavy atom. The lowest BCUT2D eigenvalue weighted by Gasteiger charge is -2.24. The number of hydrogen-bond acceptors (Lipinski definition) is 3. The molecule has 0 spiro atoms. The maximum absolute atomic E-state index is 9.51. The van der Waals surface area contributed by atoms with E-state index in [2.05, 4.69) is 5.32 Å². The van der Waals surface area contributed by atoms with Crippen molar-refractivity contribution in [2.75, 3.05) is 5.32 Å². The predicted molar refractivity (Wildman–Crippen MR) is 82.9 cm³/mol. The van der Waals surface area contributed by atoms with Crippen molar-refractivity contribution in [3.05, 3.63) is 58.1 Å². The molecule has 102 valence electrons. The standard InChI is InChI=1S/C16H15ClN2O/c1-9-8-11(20)6-7-12(9)16-18-10(2)13-4-3-5-14(17)15(13)19-16/h3-8,10,20H,1-2H3,(H,18,19). The van der Waals surface area contributed by atoms with Crippen molar-refractivity contribution >= 4 is 23.1 Å². The van der Waals surface area contributed by atoms with Crippen molar-refractivity contribution in [3.63, 3.8) is 0 Å². The van der Waals surface area contributed by atoms with Crippen LogP contribution in [-0.2, 0) is 0 Å². The Morgan fingerprint density at radius 2 is 2.05 bits per heavy atom. The van der Waals surface area contributed by atoms with Gasteiger partial charge in [-0.1, -0.05) is 23.7 Å². The summed E-state index contributed by atoms with van der Waals surface area (Å²) in [6, 6.07) is 11.1. The highest BCUT2D eigenvalue weighted by atomic mass is 35.5. The van der Waals surface area contributed by atoms with E-state index in [-0.39, 0.29) is 11.8 Å². The zero-order valence-electron chi connectivity index (χ0n) is 11.3. The van der Waals surface area contributed by atoms with E-state index in [1.54, 1.807) is 12.1 Å². The maximum Gasteiger partial charge on any atom is 0.133 e. The molecule has 0 aliphatic carbocycles. The molecule has 0 amide bonds. The number of phenolic OH excluding ortho intramolecular Hbond substituents is 1. The molecule has 1 aliphatic rings. The van der Waals surface area contributed by atoms with Crippen LogP contribution in [0.2, 0.25) is 5.02 Å². The molecule has 3 nitrogen and oxygen atoms in total. The van der Waals surface area contributed by atoms with E-state index in [1.807, 2.05) is 38.1 Å². The molecule has 1 atom stereocenters. The third-order valence-corrected chi connectivity index (χ3v) is 3.84. The minimum Gasteiger partial charge on any atom is -0.508 e. The van der Waals surface area contributed by atoms with E-state index in [1.165, 1.54) is 0 Å². The fourth-order valence-electron chi connectivity index (χ4n) is 2.49. The number of benzene rings is 2. The molecule has 0 saturated carbocycles. The summed E-state index contributed by atoms with van der Waals surface area (Å²) in [6.45, 7) is 4.00. The van der Waals surface area contributed by atoms with Crippen LogP contribution in [0.25, 0.3) is 0 Å². The van der Waals surface area contributed by atoms with Crippen LogP contribution >= 0.6 is 11.6 Å². The van der Waals surface area contributed by atoms with Crippen LogP contribution in [0, 0.1) is 6.92 Å². The molecule has 2 aromatic carbocycles. The van der Waals surface area contributed by atoms with E-state index in [9.17, 15) is 5.11 Å². The lowest BCUT2D eigenvalue weighted by atomic mass is 10.0. The first-order valence-corrected chi connectivity index (χ1v) is 6.87. The van der Waals surface area contributed by atoms with Gasteiger partial charge in [-0.25, -0.2) is 0 Å². The van der Waals surface area contributed by atoms with Crippen LogP contribution in [0.4, 0.5) is 5.69 Å². The number of para-hydroxylation sites is 1. The zero-order valence-corrected chi connectivity index (χ0v) is 12.1. The van der Waals surface area contributed by atoms with Gasteiger partial charge < -0.3 is 10.4 Å². The molecule has 0 fully saturated rings. The predicted octanol–water partition coefficient (Wildman–Crippen LogP) is 4.29. The molecular weight excluding hydrogens is 272 g/mol. The second kappa shape index (κ2) is 4.84. The van der Waals surface area contributed by atoms with E-state index < -0.39 is 0 Å². The Morgan fingerprint density at radius 1 is 1.25 bits per heavy atom. The molecule has 1 unspecified atom stereocenters. The van der Waals surface area contributed by atoms with Crippen LogP contribution in [0.3, 0.4) is 0 Å². The highest BCUT2D eigenvalue weighted by Crippen LogP contribution is 2.36. The van der Waals surface area contributed by atoms with Crippen molar-refractivity contribution in [1.29, 1.82) is 0 Å². The number of nitrogens with zero attached hydrogens (tertiary/aromatic N) is 1. The third kappa shape index (κ3) is 2.14. The first-order valence-electron chi connectivity index (χ1n) is 6.49. The Balaban J connectivity index is 2.07. The summed E-state index contributed by atoms with van der Waals surface area (Å²) >= 11 is 6.27. The van der Waals surface area contributed by atoms with Gasteiger partial charge in [0.25, 0.3) is 0 Å². The molecule has 0 bridgehead atoms. The van der Waals surface area contributed by atoms with Crippen molar-refractivity contribution in [1.82, 2.24) is 0 Å². The van der Waals surface area contributed by atoms with E-state index in [0.717, 1.165) is 28.2 Å². The first-order chi connectivity index (χ1) is 9.56. The fourth-order valence-corrected chi connectivity index (χ4v) is 2.71. The Labute approximate surface area is 122 Å². The van der Waals surface area contributed by atoms with Crippen LogP contribution in [-0.4, -0.2) is 10.9 Å². The van der Waals surface area contributed by atoms with E-state index >= 15 is 0 Å². The normalized spacial score (nSPS) is 17.1. The lowest BCUT2D eigenvalue weighted by molar-refractivity contribution is 0.475. The number of aryl methyl sites for hydroxylation is 1. The summed E-state index contributed by atoms with van der Waals surface area (Å²) < 4.78 is 0.